The summed E-state index contributed by atoms with van der Waals surface area (Å²) in [5.41, 5.74) is 0.710. The smallest absolute Gasteiger partial charge is 0.238 e. The number of fused-ring (bicyclic) bond motifs is 1. The van der Waals surface area contributed by atoms with Crippen LogP contribution in [0, 0.1) is 0 Å². The van der Waals surface area contributed by atoms with Gasteiger partial charge in [-0.1, -0.05) is 11.6 Å². The normalized spacial score (nSPS) is 21.0. The Bertz CT molecular complexity index is 623. The maximum absolute atomic E-state index is 12.1. The first kappa shape index (κ1) is 17.5. The molecule has 24 heavy (non-hydrogen) atoms. The van der Waals surface area contributed by atoms with Crippen LogP contribution in [0.2, 0.25) is 5.02 Å². The number of hydrogen-bond donors (Lipinski definition) is 2. The topological polar surface area (TPSA) is 70.7 Å². The highest BCUT2D eigenvalue weighted by Crippen LogP contribution is 2.38. The Hall–Kier alpha value is -1.28. The second-order valence-electron chi connectivity index (χ2n) is 5.74. The van der Waals surface area contributed by atoms with Gasteiger partial charge in [-0.3, -0.25) is 14.5 Å². The van der Waals surface area contributed by atoms with Gasteiger partial charge in [0.25, 0.3) is 0 Å². The Morgan fingerprint density at radius 3 is 3.00 bits per heavy atom. The van der Waals surface area contributed by atoms with E-state index in [1.165, 1.54) is 11.8 Å². The summed E-state index contributed by atoms with van der Waals surface area (Å²) in [7, 11) is 0. The lowest BCUT2D eigenvalue weighted by atomic mass is 10.2. The minimum atomic E-state index is -0.415. The summed E-state index contributed by atoms with van der Waals surface area (Å²) in [6.45, 7) is 4.68. The molecule has 0 aliphatic carbocycles. The molecular weight excluding hydrogens is 350 g/mol. The fourth-order valence-corrected chi connectivity index (χ4v) is 3.94. The highest BCUT2D eigenvalue weighted by molar-refractivity contribution is 8.01. The Morgan fingerprint density at radius 2 is 2.21 bits per heavy atom. The van der Waals surface area contributed by atoms with Gasteiger partial charge in [0.2, 0.25) is 11.8 Å². The van der Waals surface area contributed by atoms with Crippen molar-refractivity contribution in [3.05, 3.63) is 23.2 Å². The lowest BCUT2D eigenvalue weighted by molar-refractivity contribution is -0.124. The van der Waals surface area contributed by atoms with Crippen molar-refractivity contribution in [2.75, 3.05) is 44.7 Å². The Morgan fingerprint density at radius 1 is 1.42 bits per heavy atom. The fraction of sp³-hybridized carbons (Fsp3) is 0.500. The van der Waals surface area contributed by atoms with Crippen LogP contribution in [0.15, 0.2) is 23.1 Å². The molecule has 1 atom stereocenters. The van der Waals surface area contributed by atoms with Gasteiger partial charge in [0.15, 0.2) is 0 Å². The van der Waals surface area contributed by atoms with E-state index in [4.69, 9.17) is 16.3 Å². The Kier molecular flexibility index (Phi) is 5.99. The number of carbonyl (C=O) groups is 2. The van der Waals surface area contributed by atoms with Crippen LogP contribution in [-0.4, -0.2) is 61.4 Å². The summed E-state index contributed by atoms with van der Waals surface area (Å²) >= 11 is 7.34. The van der Waals surface area contributed by atoms with Gasteiger partial charge >= 0.3 is 0 Å². The molecular formula is C16H20ClN3O3S. The van der Waals surface area contributed by atoms with Crippen molar-refractivity contribution in [1.29, 1.82) is 0 Å². The maximum atomic E-state index is 12.1. The molecule has 2 heterocycles. The zero-order chi connectivity index (χ0) is 16.9. The van der Waals surface area contributed by atoms with E-state index < -0.39 is 5.25 Å². The van der Waals surface area contributed by atoms with Crippen molar-refractivity contribution >= 4 is 40.9 Å². The first-order valence-corrected chi connectivity index (χ1v) is 9.21. The molecule has 0 saturated carbocycles. The Labute approximate surface area is 150 Å². The van der Waals surface area contributed by atoms with E-state index in [9.17, 15) is 9.59 Å². The number of thioether (sulfide) groups is 1. The summed E-state index contributed by atoms with van der Waals surface area (Å²) in [6, 6.07) is 5.37. The number of amides is 2. The van der Waals surface area contributed by atoms with Crippen molar-refractivity contribution in [3.63, 3.8) is 0 Å². The monoisotopic (exact) mass is 369 g/mol. The molecule has 0 radical (unpaired) electrons. The van der Waals surface area contributed by atoms with Gasteiger partial charge in [0.1, 0.15) is 0 Å². The number of carbonyl (C=O) groups excluding carboxylic acids is 2. The molecule has 2 amide bonds. The van der Waals surface area contributed by atoms with Gasteiger partial charge in [-0.15, -0.1) is 11.8 Å². The van der Waals surface area contributed by atoms with E-state index in [-0.39, 0.29) is 18.2 Å². The summed E-state index contributed by atoms with van der Waals surface area (Å²) in [5, 5.41) is 5.88. The van der Waals surface area contributed by atoms with Gasteiger partial charge in [-0.2, -0.15) is 0 Å². The van der Waals surface area contributed by atoms with Crippen LogP contribution in [0.4, 0.5) is 5.69 Å². The largest absolute Gasteiger partial charge is 0.379 e. The number of ether oxygens (including phenoxy) is 1. The molecule has 1 unspecified atom stereocenters. The molecule has 130 valence electrons. The van der Waals surface area contributed by atoms with Crippen molar-refractivity contribution in [3.8, 4) is 0 Å². The number of rotatable bonds is 5. The van der Waals surface area contributed by atoms with Gasteiger partial charge < -0.3 is 15.4 Å². The van der Waals surface area contributed by atoms with E-state index in [0.717, 1.165) is 37.7 Å². The second-order valence-corrected chi connectivity index (χ2v) is 7.43. The standard InChI is InChI=1S/C16H20ClN3O3S/c17-11-1-2-13-12(9-11)19-16(22)14(24-13)10-15(21)18-3-4-20-5-7-23-8-6-20/h1-2,9,14H,3-8,10H2,(H,18,21)(H,19,22). The summed E-state index contributed by atoms with van der Waals surface area (Å²) in [6.07, 6.45) is 0.168. The average Bonchev–Trinajstić information content (AvgIpc) is 2.57. The molecule has 2 N–H and O–H groups in total. The zero-order valence-electron chi connectivity index (χ0n) is 13.2. The molecule has 0 bridgehead atoms. The predicted molar refractivity (Wildman–Crippen MR) is 94.6 cm³/mol. The number of benzene rings is 1. The van der Waals surface area contributed by atoms with E-state index in [2.05, 4.69) is 15.5 Å². The lowest BCUT2D eigenvalue weighted by Gasteiger charge is -2.27. The molecule has 0 spiro atoms. The van der Waals surface area contributed by atoms with E-state index in [0.29, 0.717) is 17.3 Å². The van der Waals surface area contributed by atoms with Crippen LogP contribution in [0.3, 0.4) is 0 Å². The SMILES string of the molecule is O=C(CC1Sc2ccc(Cl)cc2NC1=O)NCCN1CCOCC1. The molecule has 8 heteroatoms. The molecule has 3 rings (SSSR count). The van der Waals surface area contributed by atoms with Gasteiger partial charge in [-0.25, -0.2) is 0 Å². The highest BCUT2D eigenvalue weighted by atomic mass is 35.5. The highest BCUT2D eigenvalue weighted by Gasteiger charge is 2.29. The molecule has 1 aromatic rings. The van der Waals surface area contributed by atoms with E-state index >= 15 is 0 Å². The molecule has 1 saturated heterocycles. The van der Waals surface area contributed by atoms with Gasteiger partial charge in [0.05, 0.1) is 24.2 Å². The Balaban J connectivity index is 1.46. The third-order valence-electron chi connectivity index (χ3n) is 3.99. The van der Waals surface area contributed by atoms with E-state index in [1.807, 2.05) is 6.07 Å². The zero-order valence-corrected chi connectivity index (χ0v) is 14.8. The number of anilines is 1. The quantitative estimate of drug-likeness (QED) is 0.824. The minimum Gasteiger partial charge on any atom is -0.379 e. The number of halogens is 1. The number of nitrogens with zero attached hydrogens (tertiary/aromatic N) is 1. The minimum absolute atomic E-state index is 0.103. The first-order valence-electron chi connectivity index (χ1n) is 7.96. The van der Waals surface area contributed by atoms with Crippen LogP contribution < -0.4 is 10.6 Å². The fourth-order valence-electron chi connectivity index (χ4n) is 2.68. The van der Waals surface area contributed by atoms with Crippen LogP contribution in [0.1, 0.15) is 6.42 Å². The summed E-state index contributed by atoms with van der Waals surface area (Å²) in [4.78, 5) is 27.4. The maximum Gasteiger partial charge on any atom is 0.238 e. The van der Waals surface area contributed by atoms with Crippen molar-refractivity contribution < 1.29 is 14.3 Å². The van der Waals surface area contributed by atoms with Gasteiger partial charge in [0, 0.05) is 42.5 Å². The third-order valence-corrected chi connectivity index (χ3v) is 5.50. The average molecular weight is 370 g/mol. The van der Waals surface area contributed by atoms with E-state index in [1.54, 1.807) is 12.1 Å². The molecule has 0 aromatic heterocycles. The molecule has 2 aliphatic rings. The predicted octanol–water partition coefficient (Wildman–Crippen LogP) is 1.59. The van der Waals surface area contributed by atoms with Crippen LogP contribution >= 0.6 is 23.4 Å². The van der Waals surface area contributed by atoms with Crippen molar-refractivity contribution in [2.45, 2.75) is 16.6 Å². The van der Waals surface area contributed by atoms with Crippen LogP contribution in [0.5, 0.6) is 0 Å². The third kappa shape index (κ3) is 4.63. The van der Waals surface area contributed by atoms with Crippen LogP contribution in [-0.2, 0) is 14.3 Å². The summed E-state index contributed by atoms with van der Waals surface area (Å²) in [5.74, 6) is -0.258. The first-order chi connectivity index (χ1) is 11.6. The molecule has 1 aromatic carbocycles. The molecule has 2 aliphatic heterocycles. The number of hydrogen-bond acceptors (Lipinski definition) is 5. The number of nitrogens with one attached hydrogen (secondary N) is 2. The van der Waals surface area contributed by atoms with Crippen LogP contribution in [0.25, 0.3) is 0 Å². The van der Waals surface area contributed by atoms with Gasteiger partial charge in [-0.05, 0) is 18.2 Å². The second kappa shape index (κ2) is 8.20. The number of morpholine rings is 1. The van der Waals surface area contributed by atoms with Crippen molar-refractivity contribution in [1.82, 2.24) is 10.2 Å². The lowest BCUT2D eigenvalue weighted by Crippen LogP contribution is -2.42. The summed E-state index contributed by atoms with van der Waals surface area (Å²) < 4.78 is 5.29. The molecule has 1 fully saturated rings. The molecule has 6 nitrogen and oxygen atoms in total. The van der Waals surface area contributed by atoms with Crippen molar-refractivity contribution in [2.24, 2.45) is 0 Å².